The second-order valence-electron chi connectivity index (χ2n) is 5.70. The average Bonchev–Trinajstić information content (AvgIpc) is 2.31. The number of piperazine rings is 1. The molecule has 0 aromatic rings. The van der Waals surface area contributed by atoms with Gasteiger partial charge < -0.3 is 14.9 Å². The Kier molecular flexibility index (Phi) is 6.45. The summed E-state index contributed by atoms with van der Waals surface area (Å²) in [5.74, 6) is 0.691. The number of hydrogen-bond donors (Lipinski definition) is 1. The molecule has 1 N–H and O–H groups in total. The first-order valence-corrected chi connectivity index (χ1v) is 7.13. The van der Waals surface area contributed by atoms with Crippen molar-refractivity contribution in [2.24, 2.45) is 5.92 Å². The van der Waals surface area contributed by atoms with E-state index >= 15 is 0 Å². The van der Waals surface area contributed by atoms with Crippen molar-refractivity contribution in [3.05, 3.63) is 0 Å². The monoisotopic (exact) mass is 242 g/mol. The van der Waals surface area contributed by atoms with Crippen LogP contribution >= 0.6 is 0 Å². The van der Waals surface area contributed by atoms with E-state index in [-0.39, 0.29) is 6.10 Å². The minimum Gasteiger partial charge on any atom is -0.393 e. The largest absolute Gasteiger partial charge is 0.393 e. The number of hydrogen-bond acceptors (Lipinski definition) is 3. The van der Waals surface area contributed by atoms with Gasteiger partial charge in [-0.3, -0.25) is 0 Å². The second-order valence-corrected chi connectivity index (χ2v) is 5.70. The van der Waals surface area contributed by atoms with E-state index < -0.39 is 0 Å². The van der Waals surface area contributed by atoms with Crippen LogP contribution in [0.15, 0.2) is 0 Å². The number of likely N-dealkylation sites (N-methyl/N-ethyl adjacent to an activating group) is 2. The Balaban J connectivity index is 2.35. The maximum atomic E-state index is 10.2. The van der Waals surface area contributed by atoms with Crippen LogP contribution in [0.3, 0.4) is 0 Å². The molecule has 17 heavy (non-hydrogen) atoms. The summed E-state index contributed by atoms with van der Waals surface area (Å²) in [7, 11) is 4.36. The highest BCUT2D eigenvalue weighted by molar-refractivity contribution is 4.81. The molecule has 3 heteroatoms. The number of aliphatic hydroxyl groups is 1. The Labute approximate surface area is 107 Å². The Bertz CT molecular complexity index is 206. The Morgan fingerprint density at radius 2 is 1.82 bits per heavy atom. The molecular formula is C14H30N2O. The molecule has 0 saturated carbocycles. The number of aliphatic hydroxyl groups excluding tert-OH is 1. The third-order valence-corrected chi connectivity index (χ3v) is 4.28. The van der Waals surface area contributed by atoms with Crippen LogP contribution in [0.2, 0.25) is 0 Å². The average molecular weight is 242 g/mol. The number of nitrogens with zero attached hydrogens (tertiary/aromatic N) is 2. The van der Waals surface area contributed by atoms with Crippen LogP contribution < -0.4 is 0 Å². The van der Waals surface area contributed by atoms with E-state index in [1.165, 1.54) is 12.8 Å². The summed E-state index contributed by atoms with van der Waals surface area (Å²) < 4.78 is 0. The van der Waals surface area contributed by atoms with Crippen molar-refractivity contribution in [1.29, 1.82) is 0 Å². The lowest BCUT2D eigenvalue weighted by Gasteiger charge is -2.38. The second kappa shape index (κ2) is 7.34. The lowest BCUT2D eigenvalue weighted by atomic mass is 9.92. The molecule has 0 aromatic carbocycles. The van der Waals surface area contributed by atoms with E-state index in [1.807, 2.05) is 0 Å². The van der Waals surface area contributed by atoms with Crippen molar-refractivity contribution >= 4 is 0 Å². The molecule has 3 nitrogen and oxygen atoms in total. The van der Waals surface area contributed by atoms with E-state index in [2.05, 4.69) is 37.7 Å². The van der Waals surface area contributed by atoms with Crippen LogP contribution in [0, 0.1) is 5.92 Å². The van der Waals surface area contributed by atoms with Crippen LogP contribution in [0.1, 0.15) is 39.5 Å². The van der Waals surface area contributed by atoms with Gasteiger partial charge >= 0.3 is 0 Å². The van der Waals surface area contributed by atoms with Gasteiger partial charge in [-0.05, 0) is 32.9 Å². The lowest BCUT2D eigenvalue weighted by molar-refractivity contribution is 0.0528. The molecule has 0 aliphatic carbocycles. The van der Waals surface area contributed by atoms with Gasteiger partial charge in [0.15, 0.2) is 0 Å². The third-order valence-electron chi connectivity index (χ3n) is 4.28. The predicted molar refractivity (Wildman–Crippen MR) is 73.2 cm³/mol. The fraction of sp³-hybridized carbons (Fsp3) is 1.00. The molecule has 1 rings (SSSR count). The summed E-state index contributed by atoms with van der Waals surface area (Å²) in [6, 6.07) is 0.526. The molecule has 0 aromatic heterocycles. The van der Waals surface area contributed by atoms with E-state index in [0.29, 0.717) is 12.0 Å². The normalized spacial score (nSPS) is 25.4. The van der Waals surface area contributed by atoms with Gasteiger partial charge in [0.25, 0.3) is 0 Å². The molecule has 0 bridgehead atoms. The zero-order valence-electron chi connectivity index (χ0n) is 12.0. The van der Waals surface area contributed by atoms with Gasteiger partial charge in [0.1, 0.15) is 0 Å². The maximum Gasteiger partial charge on any atom is 0.0558 e. The molecule has 1 aliphatic rings. The summed E-state index contributed by atoms with van der Waals surface area (Å²) >= 11 is 0. The summed E-state index contributed by atoms with van der Waals surface area (Å²) in [6.07, 6.45) is 4.15. The van der Waals surface area contributed by atoms with Crippen LogP contribution in [0.4, 0.5) is 0 Å². The van der Waals surface area contributed by atoms with Gasteiger partial charge in [-0.2, -0.15) is 0 Å². The van der Waals surface area contributed by atoms with Crippen molar-refractivity contribution in [1.82, 2.24) is 9.80 Å². The highest BCUT2D eigenvalue weighted by Crippen LogP contribution is 2.20. The Hall–Kier alpha value is -0.120. The minimum atomic E-state index is -0.126. The van der Waals surface area contributed by atoms with Crippen LogP contribution in [-0.4, -0.2) is 60.8 Å². The molecule has 1 saturated heterocycles. The molecule has 0 radical (unpaired) electrons. The standard InChI is InChI=1S/C14H30N2O/c1-5-12(6-2)9-14(17)10-13-11-15(3)7-8-16(13)4/h12-14,17H,5-11H2,1-4H3. The highest BCUT2D eigenvalue weighted by Gasteiger charge is 2.25. The molecule has 102 valence electrons. The summed E-state index contributed by atoms with van der Waals surface area (Å²) in [5.41, 5.74) is 0. The zero-order chi connectivity index (χ0) is 12.8. The van der Waals surface area contributed by atoms with E-state index in [4.69, 9.17) is 0 Å². The molecule has 0 amide bonds. The smallest absolute Gasteiger partial charge is 0.0558 e. The molecule has 2 unspecified atom stereocenters. The molecule has 2 atom stereocenters. The van der Waals surface area contributed by atoms with Gasteiger partial charge in [0, 0.05) is 25.7 Å². The number of rotatable bonds is 6. The van der Waals surface area contributed by atoms with Gasteiger partial charge in [-0.15, -0.1) is 0 Å². The Morgan fingerprint density at radius 3 is 2.41 bits per heavy atom. The fourth-order valence-electron chi connectivity index (χ4n) is 2.77. The third kappa shape index (κ3) is 4.94. The van der Waals surface area contributed by atoms with Crippen molar-refractivity contribution in [2.45, 2.75) is 51.7 Å². The quantitative estimate of drug-likeness (QED) is 0.769. The minimum absolute atomic E-state index is 0.126. The fourth-order valence-corrected chi connectivity index (χ4v) is 2.77. The predicted octanol–water partition coefficient (Wildman–Crippen LogP) is 1.81. The lowest BCUT2D eigenvalue weighted by Crippen LogP contribution is -2.51. The van der Waals surface area contributed by atoms with E-state index in [0.717, 1.165) is 32.5 Å². The summed E-state index contributed by atoms with van der Waals surface area (Å²) in [4.78, 5) is 4.77. The first kappa shape index (κ1) is 14.9. The zero-order valence-corrected chi connectivity index (χ0v) is 12.0. The topological polar surface area (TPSA) is 26.7 Å². The first-order chi connectivity index (χ1) is 8.06. The first-order valence-electron chi connectivity index (χ1n) is 7.13. The van der Waals surface area contributed by atoms with Crippen LogP contribution in [-0.2, 0) is 0 Å². The molecular weight excluding hydrogens is 212 g/mol. The van der Waals surface area contributed by atoms with E-state index in [1.54, 1.807) is 0 Å². The molecule has 1 heterocycles. The summed E-state index contributed by atoms with van der Waals surface area (Å²) in [5, 5.41) is 10.2. The molecule has 0 spiro atoms. The van der Waals surface area contributed by atoms with Gasteiger partial charge in [-0.25, -0.2) is 0 Å². The van der Waals surface area contributed by atoms with E-state index in [9.17, 15) is 5.11 Å². The van der Waals surface area contributed by atoms with Crippen molar-refractivity contribution in [2.75, 3.05) is 33.7 Å². The SMILES string of the molecule is CCC(CC)CC(O)CC1CN(C)CCN1C. The molecule has 1 fully saturated rings. The van der Waals surface area contributed by atoms with Gasteiger partial charge in [0.2, 0.25) is 0 Å². The Morgan fingerprint density at radius 1 is 1.18 bits per heavy atom. The van der Waals surface area contributed by atoms with Crippen molar-refractivity contribution in [3.63, 3.8) is 0 Å². The van der Waals surface area contributed by atoms with Gasteiger partial charge in [-0.1, -0.05) is 26.7 Å². The van der Waals surface area contributed by atoms with Crippen LogP contribution in [0.25, 0.3) is 0 Å². The summed E-state index contributed by atoms with van der Waals surface area (Å²) in [6.45, 7) is 7.81. The van der Waals surface area contributed by atoms with Crippen molar-refractivity contribution < 1.29 is 5.11 Å². The van der Waals surface area contributed by atoms with Crippen molar-refractivity contribution in [3.8, 4) is 0 Å². The maximum absolute atomic E-state index is 10.2. The van der Waals surface area contributed by atoms with Crippen LogP contribution in [0.5, 0.6) is 0 Å². The highest BCUT2D eigenvalue weighted by atomic mass is 16.3. The molecule has 1 aliphatic heterocycles. The van der Waals surface area contributed by atoms with Gasteiger partial charge in [0.05, 0.1) is 6.10 Å².